The fourth-order valence-electron chi connectivity index (χ4n) is 3.75. The topological polar surface area (TPSA) is 73.9 Å². The van der Waals surface area contributed by atoms with Crippen molar-refractivity contribution in [2.75, 3.05) is 52.3 Å². The van der Waals surface area contributed by atoms with Gasteiger partial charge in [-0.3, -0.25) is 9.59 Å². The van der Waals surface area contributed by atoms with Crippen molar-refractivity contribution in [2.24, 2.45) is 0 Å². The summed E-state index contributed by atoms with van der Waals surface area (Å²) < 4.78 is 5.46. The molecule has 7 heteroatoms. The minimum absolute atomic E-state index is 0.0103. The van der Waals surface area contributed by atoms with Gasteiger partial charge in [-0.2, -0.15) is 0 Å². The Labute approximate surface area is 161 Å². The largest absolute Gasteiger partial charge is 0.376 e. The molecule has 27 heavy (non-hydrogen) atoms. The van der Waals surface area contributed by atoms with Gasteiger partial charge in [-0.25, -0.2) is 0 Å². The molecule has 1 fully saturated rings. The fourth-order valence-corrected chi connectivity index (χ4v) is 3.75. The third-order valence-corrected chi connectivity index (χ3v) is 5.42. The van der Waals surface area contributed by atoms with E-state index in [0.717, 1.165) is 38.0 Å². The second kappa shape index (κ2) is 8.71. The molecule has 0 aromatic heterocycles. The third-order valence-electron chi connectivity index (χ3n) is 5.42. The number of benzene rings is 1. The van der Waals surface area contributed by atoms with Gasteiger partial charge in [0.15, 0.2) is 0 Å². The Morgan fingerprint density at radius 3 is 2.78 bits per heavy atom. The van der Waals surface area contributed by atoms with E-state index in [9.17, 15) is 9.59 Å². The number of nitrogens with one attached hydrogen (secondary N) is 2. The zero-order chi connectivity index (χ0) is 19.4. The molecule has 0 aliphatic carbocycles. The average Bonchev–Trinajstić information content (AvgIpc) is 3.29. The zero-order valence-corrected chi connectivity index (χ0v) is 16.5. The van der Waals surface area contributed by atoms with Crippen LogP contribution in [0, 0.1) is 0 Å². The molecule has 7 nitrogen and oxygen atoms in total. The maximum atomic E-state index is 12.1. The fraction of sp³-hybridized carbons (Fsp3) is 0.600. The molecule has 1 aromatic carbocycles. The van der Waals surface area contributed by atoms with Crippen LogP contribution in [-0.2, 0) is 20.7 Å². The van der Waals surface area contributed by atoms with Crippen molar-refractivity contribution >= 4 is 17.5 Å². The van der Waals surface area contributed by atoms with E-state index in [0.29, 0.717) is 13.1 Å². The molecule has 2 heterocycles. The lowest BCUT2D eigenvalue weighted by Crippen LogP contribution is -2.44. The average molecular weight is 374 g/mol. The molecule has 0 saturated carbocycles. The predicted molar refractivity (Wildman–Crippen MR) is 105 cm³/mol. The van der Waals surface area contributed by atoms with Crippen LogP contribution in [0.3, 0.4) is 0 Å². The Hall–Kier alpha value is -2.12. The molecule has 2 amide bonds. The highest BCUT2D eigenvalue weighted by Gasteiger charge is 2.23. The summed E-state index contributed by atoms with van der Waals surface area (Å²) in [5.74, 6) is -1.20. The monoisotopic (exact) mass is 374 g/mol. The smallest absolute Gasteiger partial charge is 0.309 e. The number of ether oxygens (including phenoxy) is 1. The first-order valence-electron chi connectivity index (χ1n) is 9.63. The molecule has 148 valence electrons. The van der Waals surface area contributed by atoms with Crippen molar-refractivity contribution in [1.29, 1.82) is 0 Å². The van der Waals surface area contributed by atoms with Crippen molar-refractivity contribution in [3.05, 3.63) is 29.3 Å². The van der Waals surface area contributed by atoms with Gasteiger partial charge in [-0.1, -0.05) is 12.1 Å². The van der Waals surface area contributed by atoms with E-state index in [1.54, 1.807) is 0 Å². The zero-order valence-electron chi connectivity index (χ0n) is 16.5. The van der Waals surface area contributed by atoms with Gasteiger partial charge in [0.1, 0.15) is 0 Å². The predicted octanol–water partition coefficient (Wildman–Crippen LogP) is 0.693. The van der Waals surface area contributed by atoms with Gasteiger partial charge in [0, 0.05) is 39.0 Å². The Morgan fingerprint density at radius 2 is 2.07 bits per heavy atom. The minimum atomic E-state index is -0.599. The summed E-state index contributed by atoms with van der Waals surface area (Å²) in [6.45, 7) is 2.54. The van der Waals surface area contributed by atoms with Crippen molar-refractivity contribution in [2.45, 2.75) is 31.4 Å². The van der Waals surface area contributed by atoms with Crippen molar-refractivity contribution in [3.63, 3.8) is 0 Å². The number of carbonyl (C=O) groups excluding carboxylic acids is 2. The molecule has 2 N–H and O–H groups in total. The summed E-state index contributed by atoms with van der Waals surface area (Å²) in [6, 6.07) is 6.48. The van der Waals surface area contributed by atoms with E-state index in [2.05, 4.69) is 45.7 Å². The summed E-state index contributed by atoms with van der Waals surface area (Å²) >= 11 is 0. The van der Waals surface area contributed by atoms with Gasteiger partial charge < -0.3 is 25.2 Å². The number of amides is 2. The maximum absolute atomic E-state index is 12.1. The van der Waals surface area contributed by atoms with Crippen LogP contribution in [0.25, 0.3) is 0 Å². The lowest BCUT2D eigenvalue weighted by molar-refractivity contribution is -0.139. The number of carbonyl (C=O) groups is 2. The molecule has 1 aromatic rings. The van der Waals surface area contributed by atoms with Gasteiger partial charge >= 0.3 is 11.8 Å². The lowest BCUT2D eigenvalue weighted by atomic mass is 10.0. The molecule has 3 rings (SSSR count). The van der Waals surface area contributed by atoms with Gasteiger partial charge in [-0.05, 0) is 50.6 Å². The molecular formula is C20H30N4O3. The summed E-state index contributed by atoms with van der Waals surface area (Å²) in [4.78, 5) is 28.5. The highest BCUT2D eigenvalue weighted by Crippen LogP contribution is 2.30. The van der Waals surface area contributed by atoms with Gasteiger partial charge in [0.05, 0.1) is 12.1 Å². The maximum Gasteiger partial charge on any atom is 0.309 e. The van der Waals surface area contributed by atoms with Crippen molar-refractivity contribution in [3.8, 4) is 0 Å². The van der Waals surface area contributed by atoms with Crippen LogP contribution in [0.4, 0.5) is 5.69 Å². The summed E-state index contributed by atoms with van der Waals surface area (Å²) in [5, 5.41) is 5.43. The Bertz CT molecular complexity index is 686. The highest BCUT2D eigenvalue weighted by atomic mass is 16.5. The molecule has 2 aliphatic rings. The van der Waals surface area contributed by atoms with E-state index in [4.69, 9.17) is 4.74 Å². The molecule has 0 spiro atoms. The van der Waals surface area contributed by atoms with Crippen LogP contribution < -0.4 is 15.5 Å². The van der Waals surface area contributed by atoms with Gasteiger partial charge in [0.2, 0.25) is 0 Å². The first-order chi connectivity index (χ1) is 13.0. The standard InChI is InChI=1S/C20H30N4O3/c1-23(2)18(14-6-7-17-15(11-14)8-9-24(17)3)13-22-20(26)19(25)21-12-16-5-4-10-27-16/h6-7,11,16,18H,4-5,8-10,12-13H2,1-3H3,(H,21,25)(H,22,26)/t16-,18+/m0/s1. The van der Waals surface area contributed by atoms with Crippen LogP contribution in [-0.4, -0.2) is 70.2 Å². The quantitative estimate of drug-likeness (QED) is 0.717. The third kappa shape index (κ3) is 4.78. The Morgan fingerprint density at radius 1 is 1.30 bits per heavy atom. The normalized spacial score (nSPS) is 19.9. The minimum Gasteiger partial charge on any atom is -0.376 e. The number of nitrogens with zero attached hydrogens (tertiary/aromatic N) is 2. The number of fused-ring (bicyclic) bond motifs is 1. The van der Waals surface area contributed by atoms with E-state index in [1.807, 2.05) is 14.1 Å². The molecular weight excluding hydrogens is 344 g/mol. The number of anilines is 1. The van der Waals surface area contributed by atoms with E-state index in [1.165, 1.54) is 11.3 Å². The van der Waals surface area contributed by atoms with E-state index >= 15 is 0 Å². The number of hydrogen-bond donors (Lipinski definition) is 2. The highest BCUT2D eigenvalue weighted by molar-refractivity contribution is 6.35. The molecule has 0 radical (unpaired) electrons. The Kier molecular flexibility index (Phi) is 6.34. The molecule has 1 saturated heterocycles. The Balaban J connectivity index is 1.55. The SMILES string of the molecule is CN1CCc2cc([C@@H](CNC(=O)C(=O)NC[C@@H]3CCCO3)N(C)C)ccc21. The van der Waals surface area contributed by atoms with E-state index in [-0.39, 0.29) is 12.1 Å². The molecule has 0 bridgehead atoms. The van der Waals surface area contributed by atoms with E-state index < -0.39 is 11.8 Å². The summed E-state index contributed by atoms with van der Waals surface area (Å²) in [7, 11) is 6.06. The first-order valence-corrected chi connectivity index (χ1v) is 9.63. The number of rotatable bonds is 6. The molecule has 2 aliphatic heterocycles. The second-order valence-electron chi connectivity index (χ2n) is 7.59. The van der Waals surface area contributed by atoms with Gasteiger partial charge in [0.25, 0.3) is 0 Å². The van der Waals surface area contributed by atoms with Crippen LogP contribution in [0.15, 0.2) is 18.2 Å². The van der Waals surface area contributed by atoms with Crippen molar-refractivity contribution < 1.29 is 14.3 Å². The molecule has 2 atom stereocenters. The second-order valence-corrected chi connectivity index (χ2v) is 7.59. The molecule has 0 unspecified atom stereocenters. The number of likely N-dealkylation sites (N-methyl/N-ethyl adjacent to an activating group) is 2. The number of hydrogen-bond acceptors (Lipinski definition) is 5. The van der Waals surface area contributed by atoms with Crippen LogP contribution >= 0.6 is 0 Å². The lowest BCUT2D eigenvalue weighted by Gasteiger charge is -2.26. The van der Waals surface area contributed by atoms with Crippen LogP contribution in [0.2, 0.25) is 0 Å². The van der Waals surface area contributed by atoms with Crippen molar-refractivity contribution in [1.82, 2.24) is 15.5 Å². The van der Waals surface area contributed by atoms with Crippen LogP contribution in [0.5, 0.6) is 0 Å². The summed E-state index contributed by atoms with van der Waals surface area (Å²) in [6.07, 6.45) is 3.00. The van der Waals surface area contributed by atoms with Gasteiger partial charge in [-0.15, -0.1) is 0 Å². The summed E-state index contributed by atoms with van der Waals surface area (Å²) in [5.41, 5.74) is 3.75. The van der Waals surface area contributed by atoms with Crippen LogP contribution in [0.1, 0.15) is 30.0 Å². The first kappa shape index (κ1) is 19.6.